The van der Waals surface area contributed by atoms with E-state index in [1.165, 1.54) is 0 Å². The van der Waals surface area contributed by atoms with Crippen molar-refractivity contribution in [2.24, 2.45) is 11.7 Å². The van der Waals surface area contributed by atoms with Gasteiger partial charge in [-0.15, -0.1) is 0 Å². The quantitative estimate of drug-likeness (QED) is 0.602. The summed E-state index contributed by atoms with van der Waals surface area (Å²) in [6, 6.07) is 0. The molecule has 1 heterocycles. The third-order valence-corrected chi connectivity index (χ3v) is 2.07. The minimum atomic E-state index is 0.288. The van der Waals surface area contributed by atoms with E-state index >= 15 is 0 Å². The first-order valence-corrected chi connectivity index (χ1v) is 4.21. The summed E-state index contributed by atoms with van der Waals surface area (Å²) in [5.41, 5.74) is 5.42. The molecule has 1 aliphatic rings. The maximum Gasteiger partial charge on any atom is 0.0970 e. The summed E-state index contributed by atoms with van der Waals surface area (Å²) in [5.74, 6) is 0.433. The van der Waals surface area contributed by atoms with Gasteiger partial charge in [-0.1, -0.05) is 19.1 Å². The monoisotopic (exact) mass is 174 g/mol. The molecule has 1 saturated heterocycles. The van der Waals surface area contributed by atoms with Crippen LogP contribution >= 0.6 is 12.2 Å². The van der Waals surface area contributed by atoms with Crippen molar-refractivity contribution >= 4 is 17.2 Å². The first-order chi connectivity index (χ1) is 5.20. The summed E-state index contributed by atoms with van der Waals surface area (Å²) in [4.78, 5) is 0.577. The Bertz CT molecular complexity index is 145. The molecule has 0 saturated carbocycles. The van der Waals surface area contributed by atoms with E-state index in [0.29, 0.717) is 17.6 Å². The molecule has 1 aliphatic heterocycles. The normalized spacial score (nSPS) is 26.8. The highest BCUT2D eigenvalue weighted by atomic mass is 32.1. The van der Waals surface area contributed by atoms with E-state index in [4.69, 9.17) is 22.7 Å². The van der Waals surface area contributed by atoms with Crippen LogP contribution in [0.25, 0.3) is 0 Å². The van der Waals surface area contributed by atoms with Gasteiger partial charge in [0.25, 0.3) is 0 Å². The molecule has 11 heavy (non-hydrogen) atoms. The second-order valence-corrected chi connectivity index (χ2v) is 3.48. The van der Waals surface area contributed by atoms with E-state index in [2.05, 4.69) is 12.2 Å². The summed E-state index contributed by atoms with van der Waals surface area (Å²) in [6.45, 7) is 3.69. The van der Waals surface area contributed by atoms with Gasteiger partial charge in [-0.05, 0) is 5.92 Å². The predicted molar refractivity (Wildman–Crippen MR) is 48.3 cm³/mol. The van der Waals surface area contributed by atoms with Gasteiger partial charge in [-0.2, -0.15) is 0 Å². The molecule has 0 aromatic carbocycles. The molecule has 4 heteroatoms. The van der Waals surface area contributed by atoms with Crippen molar-refractivity contribution < 1.29 is 4.74 Å². The summed E-state index contributed by atoms with van der Waals surface area (Å²) in [7, 11) is 0. The maximum absolute atomic E-state index is 5.42. The van der Waals surface area contributed by atoms with Crippen molar-refractivity contribution in [3.05, 3.63) is 0 Å². The van der Waals surface area contributed by atoms with Gasteiger partial charge in [0, 0.05) is 13.0 Å². The summed E-state index contributed by atoms with van der Waals surface area (Å²) in [5, 5.41) is 3.12. The Morgan fingerprint density at radius 2 is 2.64 bits per heavy atom. The fourth-order valence-electron chi connectivity index (χ4n) is 1.24. The standard InChI is InChI=1S/C7H14N2OS/c1-5(2-7(8)11)6-3-9-4-10-6/h5-6,9H,2-4H2,1H3,(H2,8,11). The summed E-state index contributed by atoms with van der Waals surface area (Å²) >= 11 is 4.81. The molecule has 2 unspecified atom stereocenters. The van der Waals surface area contributed by atoms with E-state index in [-0.39, 0.29) is 6.10 Å². The van der Waals surface area contributed by atoms with Crippen molar-refractivity contribution in [3.63, 3.8) is 0 Å². The van der Waals surface area contributed by atoms with Crippen LogP contribution in [0.5, 0.6) is 0 Å². The highest BCUT2D eigenvalue weighted by Crippen LogP contribution is 2.13. The largest absolute Gasteiger partial charge is 0.393 e. The Labute approximate surface area is 72.3 Å². The van der Waals surface area contributed by atoms with Gasteiger partial charge in [0.1, 0.15) is 0 Å². The lowest BCUT2D eigenvalue weighted by Gasteiger charge is -2.16. The Morgan fingerprint density at radius 3 is 3.09 bits per heavy atom. The van der Waals surface area contributed by atoms with E-state index in [1.807, 2.05) is 0 Å². The molecule has 3 N–H and O–H groups in total. The van der Waals surface area contributed by atoms with E-state index in [9.17, 15) is 0 Å². The molecule has 0 aromatic rings. The lowest BCUT2D eigenvalue weighted by Crippen LogP contribution is -2.26. The van der Waals surface area contributed by atoms with Crippen LogP contribution in [0.2, 0.25) is 0 Å². The molecule has 0 bridgehead atoms. The first kappa shape index (κ1) is 8.90. The van der Waals surface area contributed by atoms with Crippen LogP contribution in [-0.4, -0.2) is 24.4 Å². The number of ether oxygens (including phenoxy) is 1. The van der Waals surface area contributed by atoms with Gasteiger partial charge in [0.15, 0.2) is 0 Å². The van der Waals surface area contributed by atoms with Crippen molar-refractivity contribution in [2.75, 3.05) is 13.3 Å². The second-order valence-electron chi connectivity index (χ2n) is 2.95. The van der Waals surface area contributed by atoms with Crippen LogP contribution in [0.1, 0.15) is 13.3 Å². The zero-order chi connectivity index (χ0) is 8.27. The molecule has 64 valence electrons. The zero-order valence-corrected chi connectivity index (χ0v) is 7.49. The molecule has 1 rings (SSSR count). The molecule has 0 aliphatic carbocycles. The lowest BCUT2D eigenvalue weighted by molar-refractivity contribution is 0.0760. The summed E-state index contributed by atoms with van der Waals surface area (Å²) in [6.07, 6.45) is 1.07. The van der Waals surface area contributed by atoms with Crippen molar-refractivity contribution in [1.82, 2.24) is 5.32 Å². The number of hydrogen-bond acceptors (Lipinski definition) is 3. The van der Waals surface area contributed by atoms with Crippen molar-refractivity contribution in [1.29, 1.82) is 0 Å². The second kappa shape index (κ2) is 3.99. The maximum atomic E-state index is 5.42. The van der Waals surface area contributed by atoms with Crippen molar-refractivity contribution in [2.45, 2.75) is 19.4 Å². The van der Waals surface area contributed by atoms with E-state index in [0.717, 1.165) is 13.0 Å². The molecule has 0 aromatic heterocycles. The number of hydrogen-bond donors (Lipinski definition) is 2. The number of rotatable bonds is 3. The number of nitrogens with one attached hydrogen (secondary N) is 1. The minimum absolute atomic E-state index is 0.288. The van der Waals surface area contributed by atoms with Crippen LogP contribution in [0, 0.1) is 5.92 Å². The highest BCUT2D eigenvalue weighted by Gasteiger charge is 2.21. The molecule has 3 nitrogen and oxygen atoms in total. The third-order valence-electron chi connectivity index (χ3n) is 1.90. The van der Waals surface area contributed by atoms with Gasteiger partial charge in [0.2, 0.25) is 0 Å². The Balaban J connectivity index is 2.28. The highest BCUT2D eigenvalue weighted by molar-refractivity contribution is 7.80. The molecular weight excluding hydrogens is 160 g/mol. The van der Waals surface area contributed by atoms with Crippen LogP contribution < -0.4 is 11.1 Å². The fraction of sp³-hybridized carbons (Fsp3) is 0.857. The van der Waals surface area contributed by atoms with Crippen LogP contribution in [-0.2, 0) is 4.74 Å². The number of nitrogens with two attached hydrogens (primary N) is 1. The molecular formula is C7H14N2OS. The van der Waals surface area contributed by atoms with Gasteiger partial charge in [0.05, 0.1) is 17.8 Å². The zero-order valence-electron chi connectivity index (χ0n) is 6.67. The van der Waals surface area contributed by atoms with Crippen LogP contribution in [0.3, 0.4) is 0 Å². The van der Waals surface area contributed by atoms with E-state index < -0.39 is 0 Å². The van der Waals surface area contributed by atoms with Gasteiger partial charge >= 0.3 is 0 Å². The third kappa shape index (κ3) is 2.73. The van der Waals surface area contributed by atoms with Gasteiger partial charge in [-0.25, -0.2) is 0 Å². The van der Waals surface area contributed by atoms with Crippen LogP contribution in [0.4, 0.5) is 0 Å². The Hall–Kier alpha value is -0.190. The van der Waals surface area contributed by atoms with Crippen LogP contribution in [0.15, 0.2) is 0 Å². The average molecular weight is 174 g/mol. The SMILES string of the molecule is CC(CC(N)=S)C1CNCO1. The van der Waals surface area contributed by atoms with E-state index in [1.54, 1.807) is 0 Å². The lowest BCUT2D eigenvalue weighted by atomic mass is 10.0. The molecule has 0 spiro atoms. The van der Waals surface area contributed by atoms with Gasteiger partial charge < -0.3 is 10.5 Å². The molecule has 0 amide bonds. The average Bonchev–Trinajstić information content (AvgIpc) is 2.35. The predicted octanol–water partition coefficient (Wildman–Crippen LogP) is 0.245. The van der Waals surface area contributed by atoms with Crippen molar-refractivity contribution in [3.8, 4) is 0 Å². The summed E-state index contributed by atoms with van der Waals surface area (Å²) < 4.78 is 5.39. The smallest absolute Gasteiger partial charge is 0.0970 e. The molecule has 2 atom stereocenters. The number of thiocarbonyl (C=S) groups is 1. The minimum Gasteiger partial charge on any atom is -0.393 e. The molecule has 0 radical (unpaired) electrons. The topological polar surface area (TPSA) is 47.3 Å². The Kier molecular flexibility index (Phi) is 3.23. The fourth-order valence-corrected chi connectivity index (χ4v) is 1.50. The molecule has 1 fully saturated rings. The first-order valence-electron chi connectivity index (χ1n) is 3.81. The van der Waals surface area contributed by atoms with Gasteiger partial charge in [-0.3, -0.25) is 5.32 Å². The Morgan fingerprint density at radius 1 is 1.91 bits per heavy atom.